The summed E-state index contributed by atoms with van der Waals surface area (Å²) >= 11 is 0.914. The van der Waals surface area contributed by atoms with Gasteiger partial charge in [-0.15, -0.1) is 0 Å². The largest absolute Gasteiger partial charge is 1.00 e. The number of ketones is 1. The van der Waals surface area contributed by atoms with Crippen LogP contribution in [0.5, 0.6) is 0 Å². The maximum atomic E-state index is 14.1. The number of carbonyl (C=O) groups is 1. The number of nitrogens with zero attached hydrogens (tertiary/aromatic N) is 1. The second kappa shape index (κ2) is 10.5. The molecule has 0 radical (unpaired) electrons. The summed E-state index contributed by atoms with van der Waals surface area (Å²) in [6, 6.07) is 12.4. The normalized spacial score (nSPS) is 20.7. The molecule has 8 nitrogen and oxygen atoms in total. The molecule has 1 aliphatic rings. The zero-order chi connectivity index (χ0) is 24.7. The first-order chi connectivity index (χ1) is 15.9. The smallest absolute Gasteiger partial charge is 1.00 e. The van der Waals surface area contributed by atoms with Crippen molar-refractivity contribution < 1.29 is 66.7 Å². The first kappa shape index (κ1) is 28.1. The Morgan fingerprint density at radius 2 is 1.80 bits per heavy atom. The van der Waals surface area contributed by atoms with E-state index in [0.29, 0.717) is 5.39 Å². The predicted octanol–water partition coefficient (Wildman–Crippen LogP) is -0.160. The van der Waals surface area contributed by atoms with Crippen LogP contribution in [0.15, 0.2) is 71.6 Å². The first-order valence-corrected chi connectivity index (χ1v) is 14.1. The van der Waals surface area contributed by atoms with Gasteiger partial charge in [0.1, 0.15) is 11.4 Å². The molecule has 3 aromatic rings. The van der Waals surface area contributed by atoms with Gasteiger partial charge < -0.3 is 6.53 Å². The molecule has 1 heterocycles. The molecular weight excluding hydrogens is 528 g/mol. The maximum Gasteiger partial charge on any atom is 1.00 e. The number of allylic oxidation sites excluding steroid dienone is 1. The second-order valence-electron chi connectivity index (χ2n) is 7.79. The molecule has 4 rings (SSSR count). The summed E-state index contributed by atoms with van der Waals surface area (Å²) in [5, 5.41) is 11.1. The third-order valence-corrected chi connectivity index (χ3v) is 9.56. The van der Waals surface area contributed by atoms with Crippen molar-refractivity contribution in [2.24, 2.45) is 0 Å². The molecule has 2 aromatic carbocycles. The summed E-state index contributed by atoms with van der Waals surface area (Å²) in [7, 11) is -8.59. The first-order valence-electron chi connectivity index (χ1n) is 10.1. The number of hydrogen-bond donors (Lipinski definition) is 2. The molecule has 0 fully saturated rings. The standard InChI is InChI=1S/C22H20FNO7S3.Na.H/c23-16-7-6-15-12-20(24(19(15)13-16)34(30,31)18-4-2-1-3-5-18)22(26)9-8-17(25)14-21(22)32-10-11-33(27,28)29;;/h1-9,12-13,21,26H,10-11,14H2,(H,27,28,29);;/q;+1;-1. The number of hydrogen-bond acceptors (Lipinski definition) is 7. The van der Waals surface area contributed by atoms with Crippen molar-refractivity contribution in [1.29, 1.82) is 0 Å². The van der Waals surface area contributed by atoms with Crippen molar-refractivity contribution in [3.05, 3.63) is 78.3 Å². The Kier molecular flexibility index (Phi) is 8.39. The summed E-state index contributed by atoms with van der Waals surface area (Å²) < 4.78 is 73.6. The molecule has 2 unspecified atom stereocenters. The van der Waals surface area contributed by atoms with E-state index in [4.69, 9.17) is 4.55 Å². The van der Waals surface area contributed by atoms with E-state index in [9.17, 15) is 31.1 Å². The van der Waals surface area contributed by atoms with E-state index in [1.54, 1.807) is 6.07 Å². The van der Waals surface area contributed by atoms with E-state index >= 15 is 0 Å². The van der Waals surface area contributed by atoms with Gasteiger partial charge in [0.15, 0.2) is 5.78 Å². The van der Waals surface area contributed by atoms with Crippen molar-refractivity contribution in [2.45, 2.75) is 22.2 Å². The van der Waals surface area contributed by atoms with E-state index in [1.165, 1.54) is 42.5 Å². The minimum atomic E-state index is -4.31. The molecular formula is C22H21FNNaO7S3. The van der Waals surface area contributed by atoms with Crippen molar-refractivity contribution in [1.82, 2.24) is 3.97 Å². The molecule has 182 valence electrons. The van der Waals surface area contributed by atoms with Gasteiger partial charge in [-0.25, -0.2) is 16.8 Å². The van der Waals surface area contributed by atoms with Crippen LogP contribution in [0.1, 0.15) is 13.5 Å². The third-order valence-electron chi connectivity index (χ3n) is 5.48. The van der Waals surface area contributed by atoms with E-state index in [1.807, 2.05) is 0 Å². The molecule has 0 spiro atoms. The Hall–Kier alpha value is -1.51. The monoisotopic (exact) mass is 549 g/mol. The summed E-state index contributed by atoms with van der Waals surface area (Å²) in [5.74, 6) is -1.78. The summed E-state index contributed by atoms with van der Waals surface area (Å²) in [6.45, 7) is 0. The van der Waals surface area contributed by atoms with E-state index in [-0.39, 0.29) is 65.0 Å². The summed E-state index contributed by atoms with van der Waals surface area (Å²) in [6.07, 6.45) is 2.10. The van der Waals surface area contributed by atoms with E-state index in [2.05, 4.69) is 0 Å². The van der Waals surface area contributed by atoms with Gasteiger partial charge in [-0.05, 0) is 48.6 Å². The number of aliphatic hydroxyl groups is 1. The van der Waals surface area contributed by atoms with Gasteiger partial charge in [0, 0.05) is 17.6 Å². The van der Waals surface area contributed by atoms with Gasteiger partial charge in [-0.1, -0.05) is 18.2 Å². The van der Waals surface area contributed by atoms with Gasteiger partial charge in [-0.3, -0.25) is 9.35 Å². The molecule has 0 amide bonds. The Balaban J connectivity index is 0.00000228. The Morgan fingerprint density at radius 1 is 1.11 bits per heavy atom. The number of benzene rings is 2. The predicted molar refractivity (Wildman–Crippen MR) is 127 cm³/mol. The van der Waals surface area contributed by atoms with Crippen LogP contribution in [-0.2, 0) is 30.5 Å². The number of rotatable bonds is 7. The van der Waals surface area contributed by atoms with Crippen LogP contribution in [0.4, 0.5) is 4.39 Å². The minimum absolute atomic E-state index is 0. The van der Waals surface area contributed by atoms with Crippen LogP contribution in [0.3, 0.4) is 0 Å². The number of aromatic nitrogens is 1. The van der Waals surface area contributed by atoms with Crippen LogP contribution in [0.2, 0.25) is 0 Å². The number of thioether (sulfide) groups is 1. The summed E-state index contributed by atoms with van der Waals surface area (Å²) in [5.41, 5.74) is -2.14. The number of fused-ring (bicyclic) bond motifs is 1. The van der Waals surface area contributed by atoms with Crippen LogP contribution < -0.4 is 29.6 Å². The minimum Gasteiger partial charge on any atom is -1.00 e. The molecule has 1 aliphatic carbocycles. The van der Waals surface area contributed by atoms with Crippen LogP contribution in [-0.4, -0.2) is 53.0 Å². The van der Waals surface area contributed by atoms with Gasteiger partial charge in [0.25, 0.3) is 20.1 Å². The van der Waals surface area contributed by atoms with Crippen molar-refractivity contribution >= 4 is 48.6 Å². The molecule has 0 aliphatic heterocycles. The van der Waals surface area contributed by atoms with Crippen molar-refractivity contribution in [2.75, 3.05) is 11.5 Å². The molecule has 13 heteroatoms. The van der Waals surface area contributed by atoms with Crippen LogP contribution in [0, 0.1) is 5.82 Å². The van der Waals surface area contributed by atoms with Crippen molar-refractivity contribution in [3.8, 4) is 0 Å². The number of halogens is 1. The molecule has 0 saturated carbocycles. The van der Waals surface area contributed by atoms with Gasteiger partial charge >= 0.3 is 29.6 Å². The number of carbonyl (C=O) groups excluding carboxylic acids is 1. The SMILES string of the molecule is O=C1C=CC(O)(c2cc3ccc(F)cc3n2S(=O)(=O)c2ccccc2)C(SCCS(=O)(=O)O)C1.[H-].[Na+]. The fraction of sp³-hybridized carbons (Fsp3) is 0.227. The van der Waals surface area contributed by atoms with Gasteiger partial charge in [0.05, 0.1) is 27.1 Å². The van der Waals surface area contributed by atoms with Crippen molar-refractivity contribution in [3.63, 3.8) is 0 Å². The molecule has 0 bridgehead atoms. The maximum absolute atomic E-state index is 14.1. The van der Waals surface area contributed by atoms with Crippen LogP contribution >= 0.6 is 11.8 Å². The molecule has 0 saturated heterocycles. The fourth-order valence-corrected chi connectivity index (χ4v) is 7.69. The summed E-state index contributed by atoms with van der Waals surface area (Å²) in [4.78, 5) is 12.0. The topological polar surface area (TPSA) is 131 Å². The second-order valence-corrected chi connectivity index (χ2v) is 12.5. The fourth-order valence-electron chi connectivity index (χ4n) is 3.85. The Bertz CT molecular complexity index is 1510. The van der Waals surface area contributed by atoms with Gasteiger partial charge in [0.2, 0.25) is 0 Å². The third kappa shape index (κ3) is 5.75. The molecule has 1 aromatic heterocycles. The zero-order valence-corrected chi connectivity index (χ0v) is 23.0. The van der Waals surface area contributed by atoms with E-state index < -0.39 is 42.6 Å². The van der Waals surface area contributed by atoms with Crippen LogP contribution in [0.25, 0.3) is 10.9 Å². The average Bonchev–Trinajstić information content (AvgIpc) is 3.16. The Morgan fingerprint density at radius 3 is 2.46 bits per heavy atom. The quantitative estimate of drug-likeness (QED) is 0.307. The average molecular weight is 550 g/mol. The van der Waals surface area contributed by atoms with Gasteiger partial charge in [-0.2, -0.15) is 20.2 Å². The molecule has 35 heavy (non-hydrogen) atoms. The molecule has 2 atom stereocenters. The van der Waals surface area contributed by atoms with E-state index in [0.717, 1.165) is 33.9 Å². The molecule has 2 N–H and O–H groups in total. The Labute approximate surface area is 229 Å². The zero-order valence-electron chi connectivity index (χ0n) is 19.5.